The Morgan fingerprint density at radius 3 is 2.53 bits per heavy atom. The lowest BCUT2D eigenvalue weighted by atomic mass is 9.99. The fourth-order valence-electron chi connectivity index (χ4n) is 2.37. The normalized spacial score (nSPS) is 12.6. The molecule has 1 aromatic carbocycles. The van der Waals surface area contributed by atoms with Crippen LogP contribution in [0.15, 0.2) is 22.7 Å². The number of rotatable bonds is 9. The van der Waals surface area contributed by atoms with E-state index >= 15 is 0 Å². The van der Waals surface area contributed by atoms with E-state index in [1.165, 1.54) is 44.1 Å². The van der Waals surface area contributed by atoms with Crippen molar-refractivity contribution in [3.05, 3.63) is 33.3 Å². The van der Waals surface area contributed by atoms with Crippen LogP contribution >= 0.6 is 27.5 Å². The van der Waals surface area contributed by atoms with Gasteiger partial charge in [-0.2, -0.15) is 0 Å². The van der Waals surface area contributed by atoms with Gasteiger partial charge in [0.25, 0.3) is 0 Å². The van der Waals surface area contributed by atoms with Gasteiger partial charge in [-0.05, 0) is 41.0 Å². The van der Waals surface area contributed by atoms with E-state index in [2.05, 4.69) is 40.3 Å². The van der Waals surface area contributed by atoms with Gasteiger partial charge in [0.15, 0.2) is 0 Å². The third kappa shape index (κ3) is 5.85. The zero-order chi connectivity index (χ0) is 14.1. The van der Waals surface area contributed by atoms with E-state index < -0.39 is 0 Å². The molecule has 1 aromatic rings. The van der Waals surface area contributed by atoms with Crippen molar-refractivity contribution in [2.24, 2.45) is 0 Å². The first-order valence-electron chi connectivity index (χ1n) is 7.31. The summed E-state index contributed by atoms with van der Waals surface area (Å²) in [6.07, 6.45) is 9.15. The number of hydrogen-bond acceptors (Lipinski definition) is 1. The Balaban J connectivity index is 2.43. The van der Waals surface area contributed by atoms with Gasteiger partial charge in [-0.15, -0.1) is 0 Å². The standard InChI is InChI=1S/C16H25BrClN/c1-3-4-5-6-7-8-12-15(19-2)13-10-9-11-14(17)16(13)18/h9-11,15,19H,3-8,12H2,1-2H3. The van der Waals surface area contributed by atoms with Gasteiger partial charge in [-0.3, -0.25) is 0 Å². The maximum Gasteiger partial charge on any atom is 0.0595 e. The molecular formula is C16H25BrClN. The fraction of sp³-hybridized carbons (Fsp3) is 0.625. The predicted molar refractivity (Wildman–Crippen MR) is 88.9 cm³/mol. The molecule has 108 valence electrons. The lowest BCUT2D eigenvalue weighted by Gasteiger charge is -2.18. The summed E-state index contributed by atoms with van der Waals surface area (Å²) < 4.78 is 0.981. The van der Waals surface area contributed by atoms with Gasteiger partial charge < -0.3 is 5.32 Å². The molecule has 0 saturated heterocycles. The molecule has 0 spiro atoms. The van der Waals surface area contributed by atoms with Crippen molar-refractivity contribution < 1.29 is 0 Å². The minimum Gasteiger partial charge on any atom is -0.313 e. The molecular weight excluding hydrogens is 322 g/mol. The van der Waals surface area contributed by atoms with Crippen LogP contribution in [0.5, 0.6) is 0 Å². The summed E-state index contributed by atoms with van der Waals surface area (Å²) in [6.45, 7) is 2.26. The molecule has 0 saturated carbocycles. The zero-order valence-electron chi connectivity index (χ0n) is 12.0. The minimum absolute atomic E-state index is 0.358. The topological polar surface area (TPSA) is 12.0 Å². The molecule has 1 N–H and O–H groups in total. The van der Waals surface area contributed by atoms with Crippen LogP contribution in [0.4, 0.5) is 0 Å². The molecule has 19 heavy (non-hydrogen) atoms. The van der Waals surface area contributed by atoms with Crippen molar-refractivity contribution in [2.75, 3.05) is 7.05 Å². The van der Waals surface area contributed by atoms with Crippen LogP contribution in [0.3, 0.4) is 0 Å². The molecule has 0 amide bonds. The molecule has 0 heterocycles. The predicted octanol–water partition coefficient (Wildman–Crippen LogP) is 6.11. The third-order valence-electron chi connectivity index (χ3n) is 3.55. The third-order valence-corrected chi connectivity index (χ3v) is 4.86. The number of unbranched alkanes of at least 4 members (excludes halogenated alkanes) is 5. The quantitative estimate of drug-likeness (QED) is 0.532. The first-order valence-corrected chi connectivity index (χ1v) is 8.49. The van der Waals surface area contributed by atoms with Gasteiger partial charge in [0.2, 0.25) is 0 Å². The molecule has 0 aliphatic carbocycles. The Kier molecular flexibility index (Phi) is 8.76. The van der Waals surface area contributed by atoms with Gasteiger partial charge >= 0.3 is 0 Å². The van der Waals surface area contributed by atoms with Crippen molar-refractivity contribution in [3.63, 3.8) is 0 Å². The van der Waals surface area contributed by atoms with E-state index in [9.17, 15) is 0 Å². The summed E-state index contributed by atoms with van der Waals surface area (Å²) in [5, 5.41) is 4.22. The summed E-state index contributed by atoms with van der Waals surface area (Å²) >= 11 is 9.86. The van der Waals surface area contributed by atoms with Gasteiger partial charge in [0.05, 0.1) is 5.02 Å². The summed E-state index contributed by atoms with van der Waals surface area (Å²) in [6, 6.07) is 6.52. The molecule has 0 fully saturated rings. The second-order valence-electron chi connectivity index (χ2n) is 5.04. The highest BCUT2D eigenvalue weighted by Gasteiger charge is 2.13. The highest BCUT2D eigenvalue weighted by atomic mass is 79.9. The second-order valence-corrected chi connectivity index (χ2v) is 6.27. The Bertz CT molecular complexity index is 368. The van der Waals surface area contributed by atoms with E-state index in [4.69, 9.17) is 11.6 Å². The van der Waals surface area contributed by atoms with Crippen LogP contribution in [-0.4, -0.2) is 7.05 Å². The molecule has 0 bridgehead atoms. The molecule has 1 rings (SSSR count). The van der Waals surface area contributed by atoms with Crippen LogP contribution in [0.1, 0.15) is 63.5 Å². The van der Waals surface area contributed by atoms with Crippen molar-refractivity contribution in [3.8, 4) is 0 Å². The highest BCUT2D eigenvalue weighted by molar-refractivity contribution is 9.10. The highest BCUT2D eigenvalue weighted by Crippen LogP contribution is 2.32. The van der Waals surface area contributed by atoms with Crippen LogP contribution < -0.4 is 5.32 Å². The fourth-order valence-corrected chi connectivity index (χ4v) is 3.01. The molecule has 1 atom stereocenters. The van der Waals surface area contributed by atoms with E-state index in [1.54, 1.807) is 0 Å². The molecule has 3 heteroatoms. The van der Waals surface area contributed by atoms with Gasteiger partial charge in [0.1, 0.15) is 0 Å². The Hall–Kier alpha value is -0.0500. The molecule has 0 aliphatic rings. The van der Waals surface area contributed by atoms with Crippen LogP contribution in [0.25, 0.3) is 0 Å². The monoisotopic (exact) mass is 345 g/mol. The first kappa shape index (κ1) is 17.0. The SMILES string of the molecule is CCCCCCCCC(NC)c1cccc(Br)c1Cl. The largest absolute Gasteiger partial charge is 0.313 e. The first-order chi connectivity index (χ1) is 9.20. The van der Waals surface area contributed by atoms with Crippen molar-refractivity contribution in [1.82, 2.24) is 5.32 Å². The molecule has 1 unspecified atom stereocenters. The Morgan fingerprint density at radius 1 is 1.16 bits per heavy atom. The number of benzene rings is 1. The average Bonchev–Trinajstić information content (AvgIpc) is 2.42. The van der Waals surface area contributed by atoms with E-state index in [-0.39, 0.29) is 0 Å². The van der Waals surface area contributed by atoms with E-state index in [0.29, 0.717) is 6.04 Å². The Labute approximate surface area is 131 Å². The average molecular weight is 347 g/mol. The summed E-state index contributed by atoms with van der Waals surface area (Å²) in [4.78, 5) is 0. The molecule has 1 nitrogen and oxygen atoms in total. The maximum atomic E-state index is 6.36. The van der Waals surface area contributed by atoms with Gasteiger partial charge in [0, 0.05) is 10.5 Å². The molecule has 0 aliphatic heterocycles. The smallest absolute Gasteiger partial charge is 0.0595 e. The number of nitrogens with one attached hydrogen (secondary N) is 1. The van der Waals surface area contributed by atoms with Gasteiger partial charge in [-0.1, -0.05) is 69.2 Å². The molecule has 0 radical (unpaired) electrons. The maximum absolute atomic E-state index is 6.36. The molecule has 0 aromatic heterocycles. The van der Waals surface area contributed by atoms with Crippen molar-refractivity contribution in [1.29, 1.82) is 0 Å². The van der Waals surface area contributed by atoms with Crippen LogP contribution in [0, 0.1) is 0 Å². The number of halogens is 2. The van der Waals surface area contributed by atoms with Crippen molar-refractivity contribution in [2.45, 2.75) is 57.9 Å². The number of hydrogen-bond donors (Lipinski definition) is 1. The lowest BCUT2D eigenvalue weighted by Crippen LogP contribution is -2.16. The van der Waals surface area contributed by atoms with Crippen LogP contribution in [0.2, 0.25) is 5.02 Å². The second kappa shape index (κ2) is 9.79. The summed E-state index contributed by atoms with van der Waals surface area (Å²) in [5.41, 5.74) is 1.20. The summed E-state index contributed by atoms with van der Waals surface area (Å²) in [5.74, 6) is 0. The van der Waals surface area contributed by atoms with E-state index in [1.807, 2.05) is 13.1 Å². The lowest BCUT2D eigenvalue weighted by molar-refractivity contribution is 0.498. The minimum atomic E-state index is 0.358. The van der Waals surface area contributed by atoms with Crippen LogP contribution in [-0.2, 0) is 0 Å². The van der Waals surface area contributed by atoms with Crippen molar-refractivity contribution >= 4 is 27.5 Å². The zero-order valence-corrected chi connectivity index (χ0v) is 14.4. The Morgan fingerprint density at radius 2 is 1.84 bits per heavy atom. The van der Waals surface area contributed by atoms with Gasteiger partial charge in [-0.25, -0.2) is 0 Å². The van der Waals surface area contributed by atoms with E-state index in [0.717, 1.165) is 15.9 Å². The summed E-state index contributed by atoms with van der Waals surface area (Å²) in [7, 11) is 2.01.